The van der Waals surface area contributed by atoms with Crippen molar-refractivity contribution in [3.8, 4) is 5.75 Å². The first-order valence-electron chi connectivity index (χ1n) is 9.80. The van der Waals surface area contributed by atoms with Gasteiger partial charge in [0.2, 0.25) is 5.91 Å². The predicted molar refractivity (Wildman–Crippen MR) is 124 cm³/mol. The summed E-state index contributed by atoms with van der Waals surface area (Å²) in [4.78, 5) is 13.4. The first-order chi connectivity index (χ1) is 15.0. The number of carbonyl (C=O) groups excluding carboxylic acids is 1. The average Bonchev–Trinajstić information content (AvgIpc) is 3.31. The molecule has 0 saturated carbocycles. The van der Waals surface area contributed by atoms with E-state index in [2.05, 4.69) is 5.32 Å². The van der Waals surface area contributed by atoms with E-state index in [4.69, 9.17) is 4.74 Å². The lowest BCUT2D eigenvalue weighted by molar-refractivity contribution is -0.111. The van der Waals surface area contributed by atoms with Crippen molar-refractivity contribution in [3.05, 3.63) is 76.5 Å². The molecule has 1 amide bonds. The third-order valence-corrected chi connectivity index (χ3v) is 7.68. The molecule has 1 aliphatic rings. The molecule has 0 fully saturated rings. The first-order valence-corrected chi connectivity index (χ1v) is 12.1. The third kappa shape index (κ3) is 4.65. The number of methoxy groups -OCH3 is 1. The lowest BCUT2D eigenvalue weighted by Crippen LogP contribution is -2.35. The van der Waals surface area contributed by atoms with Crippen LogP contribution in [0.25, 0.3) is 6.08 Å². The van der Waals surface area contributed by atoms with Gasteiger partial charge in [-0.05, 0) is 78.4 Å². The minimum absolute atomic E-state index is 0.220. The number of hydrogen-bond acceptors (Lipinski definition) is 5. The highest BCUT2D eigenvalue weighted by atomic mass is 32.2. The Morgan fingerprint density at radius 1 is 1.16 bits per heavy atom. The van der Waals surface area contributed by atoms with Crippen LogP contribution in [0.4, 0.5) is 11.4 Å². The Labute approximate surface area is 185 Å². The van der Waals surface area contributed by atoms with Crippen molar-refractivity contribution in [1.82, 2.24) is 0 Å². The van der Waals surface area contributed by atoms with Gasteiger partial charge < -0.3 is 10.1 Å². The normalized spacial score (nSPS) is 13.8. The van der Waals surface area contributed by atoms with Gasteiger partial charge in [0.15, 0.2) is 0 Å². The highest BCUT2D eigenvalue weighted by Gasteiger charge is 2.29. The second kappa shape index (κ2) is 8.95. The second-order valence-electron chi connectivity index (χ2n) is 7.04. The van der Waals surface area contributed by atoms with Crippen LogP contribution in [0.3, 0.4) is 0 Å². The Morgan fingerprint density at radius 3 is 2.68 bits per heavy atom. The van der Waals surface area contributed by atoms with E-state index in [0.717, 1.165) is 16.9 Å². The number of amides is 1. The van der Waals surface area contributed by atoms with Gasteiger partial charge in [-0.2, -0.15) is 0 Å². The maximum Gasteiger partial charge on any atom is 0.264 e. The van der Waals surface area contributed by atoms with E-state index in [0.29, 0.717) is 30.1 Å². The van der Waals surface area contributed by atoms with Gasteiger partial charge in [0.05, 0.1) is 17.7 Å². The van der Waals surface area contributed by atoms with E-state index in [-0.39, 0.29) is 10.8 Å². The number of thiophene rings is 1. The summed E-state index contributed by atoms with van der Waals surface area (Å²) in [5, 5.41) is 4.80. The minimum Gasteiger partial charge on any atom is -0.497 e. The van der Waals surface area contributed by atoms with Crippen LogP contribution in [0, 0.1) is 0 Å². The summed E-state index contributed by atoms with van der Waals surface area (Å²) in [7, 11) is -2.15. The van der Waals surface area contributed by atoms with E-state index < -0.39 is 10.0 Å². The zero-order chi connectivity index (χ0) is 21.8. The highest BCUT2D eigenvalue weighted by Crippen LogP contribution is 2.34. The van der Waals surface area contributed by atoms with Gasteiger partial charge in [-0.25, -0.2) is 8.42 Å². The zero-order valence-corrected chi connectivity index (χ0v) is 18.6. The molecule has 1 aliphatic heterocycles. The molecule has 6 nitrogen and oxygen atoms in total. The van der Waals surface area contributed by atoms with Crippen molar-refractivity contribution in [2.45, 2.75) is 17.7 Å². The highest BCUT2D eigenvalue weighted by molar-refractivity contribution is 7.92. The molecule has 0 radical (unpaired) electrons. The summed E-state index contributed by atoms with van der Waals surface area (Å²) < 4.78 is 33.0. The molecule has 2 heterocycles. The van der Waals surface area contributed by atoms with Gasteiger partial charge in [-0.3, -0.25) is 9.10 Å². The summed E-state index contributed by atoms with van der Waals surface area (Å²) in [5.74, 6) is 0.373. The molecule has 8 heteroatoms. The SMILES string of the molecule is COc1ccc(S(=O)(=O)N2CCCc3cc(NC(=O)/C=C/c4cccs4)ccc32)cc1. The summed E-state index contributed by atoms with van der Waals surface area (Å²) in [5.41, 5.74) is 2.18. The monoisotopic (exact) mass is 454 g/mol. The van der Waals surface area contributed by atoms with Crippen molar-refractivity contribution >= 4 is 44.7 Å². The van der Waals surface area contributed by atoms with Gasteiger partial charge in [0.1, 0.15) is 5.75 Å². The number of anilines is 2. The molecule has 4 rings (SSSR count). The molecule has 0 aliphatic carbocycles. The van der Waals surface area contributed by atoms with Crippen molar-refractivity contribution in [3.63, 3.8) is 0 Å². The Hall–Kier alpha value is -3.10. The molecule has 31 heavy (non-hydrogen) atoms. The minimum atomic E-state index is -3.69. The number of sulfonamides is 1. The van der Waals surface area contributed by atoms with Crippen LogP contribution in [0.15, 0.2) is 70.9 Å². The van der Waals surface area contributed by atoms with E-state index >= 15 is 0 Å². The molecular weight excluding hydrogens is 432 g/mol. The Kier molecular flexibility index (Phi) is 6.11. The number of ether oxygens (including phenoxy) is 1. The van der Waals surface area contributed by atoms with E-state index in [9.17, 15) is 13.2 Å². The molecule has 3 aromatic rings. The number of fused-ring (bicyclic) bond motifs is 1. The lowest BCUT2D eigenvalue weighted by atomic mass is 10.0. The van der Waals surface area contributed by atoms with Crippen LogP contribution in [0.2, 0.25) is 0 Å². The molecule has 0 spiro atoms. The molecule has 1 N–H and O–H groups in total. The standard InChI is InChI=1S/C23H22N2O4S2/c1-29-19-7-10-21(11-8-19)31(27,28)25-14-2-4-17-16-18(6-12-22(17)25)24-23(26)13-9-20-5-3-15-30-20/h3,5-13,15-16H,2,4,14H2,1H3,(H,24,26)/b13-9+. The third-order valence-electron chi connectivity index (χ3n) is 5.01. The maximum atomic E-state index is 13.2. The maximum absolute atomic E-state index is 13.2. The fourth-order valence-corrected chi connectivity index (χ4v) is 5.65. The van der Waals surface area contributed by atoms with Crippen molar-refractivity contribution in [2.24, 2.45) is 0 Å². The van der Waals surface area contributed by atoms with Crippen LogP contribution in [0.5, 0.6) is 5.75 Å². The fraction of sp³-hybridized carbons (Fsp3) is 0.174. The number of aryl methyl sites for hydroxylation is 1. The van der Waals surface area contributed by atoms with Gasteiger partial charge in [-0.1, -0.05) is 6.07 Å². The van der Waals surface area contributed by atoms with Crippen LogP contribution in [-0.2, 0) is 21.2 Å². The molecule has 0 atom stereocenters. The Balaban J connectivity index is 1.54. The van der Waals surface area contributed by atoms with Gasteiger partial charge in [-0.15, -0.1) is 11.3 Å². The second-order valence-corrected chi connectivity index (χ2v) is 9.88. The molecule has 0 saturated heterocycles. The van der Waals surface area contributed by atoms with Crippen LogP contribution in [-0.4, -0.2) is 28.0 Å². The molecule has 2 aromatic carbocycles. The van der Waals surface area contributed by atoms with Crippen molar-refractivity contribution in [1.29, 1.82) is 0 Å². The molecule has 0 bridgehead atoms. The van der Waals surface area contributed by atoms with Crippen LogP contribution in [0.1, 0.15) is 16.9 Å². The summed E-state index contributed by atoms with van der Waals surface area (Å²) in [6, 6.07) is 15.6. The van der Waals surface area contributed by atoms with Crippen LogP contribution < -0.4 is 14.4 Å². The number of nitrogens with zero attached hydrogens (tertiary/aromatic N) is 1. The van der Waals surface area contributed by atoms with Crippen LogP contribution >= 0.6 is 11.3 Å². The number of nitrogens with one attached hydrogen (secondary N) is 1. The Morgan fingerprint density at radius 2 is 1.97 bits per heavy atom. The van der Waals surface area contributed by atoms with Gasteiger partial charge in [0.25, 0.3) is 10.0 Å². The molecule has 1 aromatic heterocycles. The van der Waals surface area contributed by atoms with Gasteiger partial charge >= 0.3 is 0 Å². The molecule has 160 valence electrons. The predicted octanol–water partition coefficient (Wildman–Crippen LogP) is 4.55. The topological polar surface area (TPSA) is 75.7 Å². The number of carbonyl (C=O) groups is 1. The lowest BCUT2D eigenvalue weighted by Gasteiger charge is -2.31. The smallest absolute Gasteiger partial charge is 0.264 e. The number of hydrogen-bond donors (Lipinski definition) is 1. The molecular formula is C23H22N2O4S2. The van der Waals surface area contributed by atoms with Crippen molar-refractivity contribution in [2.75, 3.05) is 23.3 Å². The zero-order valence-electron chi connectivity index (χ0n) is 16.9. The Bertz CT molecular complexity index is 1200. The number of rotatable bonds is 6. The number of benzene rings is 2. The summed E-state index contributed by atoms with van der Waals surface area (Å²) in [6.07, 6.45) is 4.71. The largest absolute Gasteiger partial charge is 0.497 e. The summed E-state index contributed by atoms with van der Waals surface area (Å²) >= 11 is 1.56. The van der Waals surface area contributed by atoms with E-state index in [1.165, 1.54) is 10.4 Å². The average molecular weight is 455 g/mol. The summed E-state index contributed by atoms with van der Waals surface area (Å²) in [6.45, 7) is 0.413. The van der Waals surface area contributed by atoms with Crippen molar-refractivity contribution < 1.29 is 17.9 Å². The quantitative estimate of drug-likeness (QED) is 0.555. The van der Waals surface area contributed by atoms with E-state index in [1.807, 2.05) is 23.6 Å². The fourth-order valence-electron chi connectivity index (χ4n) is 3.49. The molecule has 0 unspecified atom stereocenters. The van der Waals surface area contributed by atoms with Gasteiger partial charge in [0, 0.05) is 23.2 Å². The first kappa shape index (κ1) is 21.1. The van der Waals surface area contributed by atoms with E-state index in [1.54, 1.807) is 60.9 Å².